The molecule has 2 N–H and O–H groups in total. The van der Waals surface area contributed by atoms with Gasteiger partial charge in [0, 0.05) is 10.0 Å². The fraction of sp³-hybridized carbons (Fsp3) is 0.0909. The molecule has 4 aromatic carbocycles. The number of halogens is 1. The predicted molar refractivity (Wildman–Crippen MR) is 167 cm³/mol. The van der Waals surface area contributed by atoms with Crippen LogP contribution in [0, 0.1) is 0 Å². The minimum Gasteiger partial charge on any atom is -0.490 e. The molecular weight excluding hydrogens is 630 g/mol. The van der Waals surface area contributed by atoms with Gasteiger partial charge in [0.15, 0.2) is 23.0 Å². The molecule has 0 atom stereocenters. The Labute approximate surface area is 261 Å². The van der Waals surface area contributed by atoms with Crippen LogP contribution in [-0.4, -0.2) is 37.4 Å². The zero-order valence-electron chi connectivity index (χ0n) is 23.4. The average Bonchev–Trinajstić information content (AvgIpc) is 3.51. The molecule has 4 aromatic rings. The first-order chi connectivity index (χ1) is 21.4. The van der Waals surface area contributed by atoms with Gasteiger partial charge >= 0.3 is 5.97 Å². The number of carbonyl (C=O) groups is 3. The van der Waals surface area contributed by atoms with Crippen LogP contribution in [0.5, 0.6) is 23.0 Å². The van der Waals surface area contributed by atoms with E-state index in [0.29, 0.717) is 46.1 Å². The van der Waals surface area contributed by atoms with Gasteiger partial charge in [0.05, 0.1) is 18.4 Å². The molecule has 0 unspecified atom stereocenters. The highest BCUT2D eigenvalue weighted by Crippen LogP contribution is 2.33. The highest BCUT2D eigenvalue weighted by molar-refractivity contribution is 9.10. The van der Waals surface area contributed by atoms with Crippen molar-refractivity contribution < 1.29 is 33.3 Å². The zero-order chi connectivity index (χ0) is 30.9. The van der Waals surface area contributed by atoms with E-state index in [2.05, 4.69) is 31.8 Å². The van der Waals surface area contributed by atoms with E-state index in [1.807, 2.05) is 0 Å². The number of hydrazone groups is 1. The first kappa shape index (κ1) is 30.1. The summed E-state index contributed by atoms with van der Waals surface area (Å²) in [5.74, 6) is 0.0185. The Hall–Kier alpha value is -5.42. The second-order valence-electron chi connectivity index (χ2n) is 9.23. The third-order valence-corrected chi connectivity index (χ3v) is 6.70. The normalized spacial score (nSPS) is 12.1. The summed E-state index contributed by atoms with van der Waals surface area (Å²) in [6.07, 6.45) is 2.91. The largest absolute Gasteiger partial charge is 0.490 e. The van der Waals surface area contributed by atoms with Gasteiger partial charge in [-0.2, -0.15) is 5.10 Å². The summed E-state index contributed by atoms with van der Waals surface area (Å²) in [5.41, 5.74) is 4.33. The smallest absolute Gasteiger partial charge is 0.343 e. The molecule has 10 nitrogen and oxygen atoms in total. The van der Waals surface area contributed by atoms with Crippen LogP contribution in [0.15, 0.2) is 106 Å². The van der Waals surface area contributed by atoms with Gasteiger partial charge in [-0.1, -0.05) is 40.2 Å². The van der Waals surface area contributed by atoms with Crippen molar-refractivity contribution in [1.29, 1.82) is 0 Å². The fourth-order valence-electron chi connectivity index (χ4n) is 4.04. The van der Waals surface area contributed by atoms with Gasteiger partial charge in [-0.05, 0) is 90.9 Å². The fourth-order valence-corrected chi connectivity index (χ4v) is 4.30. The summed E-state index contributed by atoms with van der Waals surface area (Å²) in [6.45, 7) is 2.24. The molecule has 0 fully saturated rings. The van der Waals surface area contributed by atoms with Gasteiger partial charge < -0.3 is 24.3 Å². The number of benzene rings is 4. The number of ether oxygens (including phenoxy) is 4. The summed E-state index contributed by atoms with van der Waals surface area (Å²) >= 11 is 3.34. The Kier molecular flexibility index (Phi) is 9.68. The number of nitrogens with zero attached hydrogens (tertiary/aromatic N) is 1. The van der Waals surface area contributed by atoms with Crippen molar-refractivity contribution in [1.82, 2.24) is 10.7 Å². The number of fused-ring (bicyclic) bond motifs is 1. The van der Waals surface area contributed by atoms with Gasteiger partial charge in [0.25, 0.3) is 11.8 Å². The Morgan fingerprint density at radius 1 is 0.864 bits per heavy atom. The highest BCUT2D eigenvalue weighted by atomic mass is 79.9. The maximum atomic E-state index is 13.2. The molecule has 44 heavy (non-hydrogen) atoms. The van der Waals surface area contributed by atoms with Crippen LogP contribution in [0.3, 0.4) is 0 Å². The number of esters is 1. The Morgan fingerprint density at radius 2 is 1.61 bits per heavy atom. The van der Waals surface area contributed by atoms with Gasteiger partial charge in [0.1, 0.15) is 5.70 Å². The van der Waals surface area contributed by atoms with E-state index in [1.165, 1.54) is 12.3 Å². The van der Waals surface area contributed by atoms with Crippen LogP contribution in [0.4, 0.5) is 0 Å². The molecule has 0 spiro atoms. The lowest BCUT2D eigenvalue weighted by atomic mass is 10.1. The van der Waals surface area contributed by atoms with Crippen LogP contribution in [-0.2, 0) is 4.79 Å². The molecule has 0 bridgehead atoms. The van der Waals surface area contributed by atoms with Gasteiger partial charge in [0.2, 0.25) is 6.79 Å². The quantitative estimate of drug-likeness (QED) is 0.0736. The van der Waals surface area contributed by atoms with E-state index >= 15 is 0 Å². The third kappa shape index (κ3) is 7.69. The van der Waals surface area contributed by atoms with Crippen LogP contribution >= 0.6 is 15.9 Å². The van der Waals surface area contributed by atoms with Gasteiger partial charge in [-0.15, -0.1) is 0 Å². The molecule has 0 aromatic heterocycles. The molecule has 222 valence electrons. The summed E-state index contributed by atoms with van der Waals surface area (Å²) in [4.78, 5) is 38.7. The van der Waals surface area contributed by atoms with Crippen molar-refractivity contribution in [2.24, 2.45) is 5.10 Å². The predicted octanol–water partition coefficient (Wildman–Crippen LogP) is 5.72. The maximum Gasteiger partial charge on any atom is 0.343 e. The number of rotatable bonds is 10. The SMILES string of the molecule is CCOc1cc(/C=N\NC(=O)/C(=C/c2ccc3c(c2)OCO3)NC(=O)c2ccccc2)ccc1OC(=O)c1ccc(Br)cc1. The number of carbonyl (C=O) groups excluding carboxylic acids is 3. The summed E-state index contributed by atoms with van der Waals surface area (Å²) in [6, 6.07) is 25.3. The van der Waals surface area contributed by atoms with Crippen molar-refractivity contribution >= 4 is 46.0 Å². The van der Waals surface area contributed by atoms with Crippen molar-refractivity contribution in [3.8, 4) is 23.0 Å². The Morgan fingerprint density at radius 3 is 2.39 bits per heavy atom. The molecule has 1 aliphatic heterocycles. The van der Waals surface area contributed by atoms with Crippen molar-refractivity contribution in [3.63, 3.8) is 0 Å². The van der Waals surface area contributed by atoms with E-state index in [4.69, 9.17) is 18.9 Å². The summed E-state index contributed by atoms with van der Waals surface area (Å²) in [7, 11) is 0. The maximum absolute atomic E-state index is 13.2. The van der Waals surface area contributed by atoms with E-state index in [1.54, 1.807) is 97.9 Å². The Bertz CT molecular complexity index is 1740. The monoisotopic (exact) mass is 655 g/mol. The Balaban J connectivity index is 1.31. The van der Waals surface area contributed by atoms with Crippen LogP contribution < -0.4 is 29.7 Å². The molecular formula is C33H26BrN3O7. The first-order valence-electron chi connectivity index (χ1n) is 13.5. The summed E-state index contributed by atoms with van der Waals surface area (Å²) < 4.78 is 22.8. The second-order valence-corrected chi connectivity index (χ2v) is 10.1. The first-order valence-corrected chi connectivity index (χ1v) is 14.2. The number of hydrogen-bond acceptors (Lipinski definition) is 8. The van der Waals surface area contributed by atoms with E-state index < -0.39 is 17.8 Å². The zero-order valence-corrected chi connectivity index (χ0v) is 25.0. The lowest BCUT2D eigenvalue weighted by molar-refractivity contribution is -0.117. The number of nitrogens with one attached hydrogen (secondary N) is 2. The minimum absolute atomic E-state index is 0.0416. The number of hydrogen-bond donors (Lipinski definition) is 2. The molecule has 0 aliphatic carbocycles. The third-order valence-electron chi connectivity index (χ3n) is 6.17. The summed E-state index contributed by atoms with van der Waals surface area (Å²) in [5, 5.41) is 6.72. The second kappa shape index (κ2) is 14.2. The molecule has 0 saturated carbocycles. The van der Waals surface area contributed by atoms with Crippen molar-refractivity contribution in [2.45, 2.75) is 6.92 Å². The lowest BCUT2D eigenvalue weighted by Gasteiger charge is -2.11. The molecule has 0 saturated heterocycles. The minimum atomic E-state index is -0.659. The van der Waals surface area contributed by atoms with Gasteiger partial charge in [-0.3, -0.25) is 9.59 Å². The topological polar surface area (TPSA) is 125 Å². The molecule has 2 amide bonds. The molecule has 11 heteroatoms. The lowest BCUT2D eigenvalue weighted by Crippen LogP contribution is -2.32. The molecule has 5 rings (SSSR count). The van der Waals surface area contributed by atoms with Crippen LogP contribution in [0.25, 0.3) is 6.08 Å². The van der Waals surface area contributed by atoms with E-state index in [9.17, 15) is 14.4 Å². The van der Waals surface area contributed by atoms with Gasteiger partial charge in [-0.25, -0.2) is 10.2 Å². The van der Waals surface area contributed by atoms with Crippen LogP contribution in [0.2, 0.25) is 0 Å². The van der Waals surface area contributed by atoms with Crippen LogP contribution in [0.1, 0.15) is 38.8 Å². The van der Waals surface area contributed by atoms with Crippen molar-refractivity contribution in [3.05, 3.63) is 123 Å². The van der Waals surface area contributed by atoms with Crippen molar-refractivity contribution in [2.75, 3.05) is 13.4 Å². The molecule has 1 heterocycles. The molecule has 0 radical (unpaired) electrons. The average molecular weight is 656 g/mol. The standard InChI is InChI=1S/C33H26BrN3O7/c1-2-41-30-18-22(9-15-28(30)44-33(40)24-10-12-25(34)13-11-24)19-35-37-32(39)26(36-31(38)23-6-4-3-5-7-23)16-21-8-14-27-29(17-21)43-20-42-27/h3-19H,2,20H2,1H3,(H,36,38)(H,37,39)/b26-16-,35-19-. The number of amides is 2. The molecule has 1 aliphatic rings. The van der Waals surface area contributed by atoms with E-state index in [-0.39, 0.29) is 18.2 Å². The van der Waals surface area contributed by atoms with E-state index in [0.717, 1.165) is 4.47 Å². The highest BCUT2D eigenvalue weighted by Gasteiger charge is 2.17.